The van der Waals surface area contributed by atoms with Crippen molar-refractivity contribution in [2.75, 3.05) is 5.32 Å². The topological polar surface area (TPSA) is 71.8 Å². The number of carbonyl (C=O) groups is 1. The number of aromatic nitrogens is 3. The predicted molar refractivity (Wildman–Crippen MR) is 133 cm³/mol. The fourth-order valence-electron chi connectivity index (χ4n) is 6.88. The van der Waals surface area contributed by atoms with Crippen LogP contribution < -0.4 is 10.6 Å². The van der Waals surface area contributed by atoms with Crippen LogP contribution in [0.5, 0.6) is 0 Å². The molecule has 1 amide bonds. The van der Waals surface area contributed by atoms with Crippen LogP contribution in [0.4, 0.5) is 5.69 Å². The number of carbonyl (C=O) groups excluding carboxylic acids is 1. The number of anilines is 1. The van der Waals surface area contributed by atoms with E-state index in [0.29, 0.717) is 28.2 Å². The van der Waals surface area contributed by atoms with Crippen LogP contribution in [-0.4, -0.2) is 26.0 Å². The molecule has 0 aliphatic heterocycles. The molecule has 0 atom stereocenters. The Morgan fingerprint density at radius 1 is 1.03 bits per heavy atom. The van der Waals surface area contributed by atoms with Crippen molar-refractivity contribution in [1.82, 2.24) is 20.3 Å². The summed E-state index contributed by atoms with van der Waals surface area (Å²) in [4.78, 5) is 14.5. The van der Waals surface area contributed by atoms with Crippen LogP contribution in [0.25, 0.3) is 16.7 Å². The van der Waals surface area contributed by atoms with Gasteiger partial charge in [0.25, 0.3) is 0 Å². The number of nitrogens with one attached hydrogen (secondary N) is 2. The number of para-hydroxylation sites is 1. The van der Waals surface area contributed by atoms with Gasteiger partial charge in [0, 0.05) is 6.42 Å². The highest BCUT2D eigenvalue weighted by Crippen LogP contribution is 2.61. The van der Waals surface area contributed by atoms with E-state index in [4.69, 9.17) is 23.8 Å². The van der Waals surface area contributed by atoms with Gasteiger partial charge < -0.3 is 10.6 Å². The van der Waals surface area contributed by atoms with Crippen LogP contribution in [0, 0.1) is 23.2 Å². The zero-order chi connectivity index (χ0) is 22.6. The quantitative estimate of drug-likeness (QED) is 0.484. The molecule has 0 radical (unpaired) electrons. The third-order valence-electron chi connectivity index (χ3n) is 7.66. The van der Waals surface area contributed by atoms with Crippen LogP contribution in [0.3, 0.4) is 0 Å². The largest absolute Gasteiger partial charge is 0.331 e. The van der Waals surface area contributed by atoms with E-state index >= 15 is 0 Å². The van der Waals surface area contributed by atoms with Crippen molar-refractivity contribution in [3.05, 3.63) is 47.5 Å². The Balaban J connectivity index is 1.13. The minimum atomic E-state index is 0.00155. The number of halogens is 1. The number of thiocarbonyl (C=S) groups is 1. The molecule has 33 heavy (non-hydrogen) atoms. The molecule has 0 spiro atoms. The van der Waals surface area contributed by atoms with Gasteiger partial charge >= 0.3 is 0 Å². The number of amides is 1. The Morgan fingerprint density at radius 3 is 2.27 bits per heavy atom. The molecule has 7 rings (SSSR count). The van der Waals surface area contributed by atoms with Crippen molar-refractivity contribution in [3.8, 4) is 5.69 Å². The fraction of sp³-hybridized carbons (Fsp3) is 0.440. The highest BCUT2D eigenvalue weighted by atomic mass is 35.5. The maximum Gasteiger partial charge on any atom is 0.226 e. The first-order valence-corrected chi connectivity index (χ1v) is 12.5. The number of hydrogen-bond acceptors (Lipinski definition) is 4. The van der Waals surface area contributed by atoms with Crippen LogP contribution in [0.2, 0.25) is 5.02 Å². The lowest BCUT2D eigenvalue weighted by Crippen LogP contribution is -2.48. The molecule has 6 nitrogen and oxygen atoms in total. The molecule has 4 saturated carbocycles. The molecule has 4 fully saturated rings. The second-order valence-corrected chi connectivity index (χ2v) is 11.1. The molecule has 1 heterocycles. The smallest absolute Gasteiger partial charge is 0.226 e. The number of nitrogens with zero attached hydrogens (tertiary/aromatic N) is 3. The zero-order valence-corrected chi connectivity index (χ0v) is 19.8. The zero-order valence-electron chi connectivity index (χ0n) is 18.3. The van der Waals surface area contributed by atoms with Gasteiger partial charge in [0.2, 0.25) is 5.91 Å². The molecule has 2 N–H and O–H groups in total. The van der Waals surface area contributed by atoms with Gasteiger partial charge in [-0.25, -0.2) is 0 Å². The molecule has 8 heteroatoms. The lowest BCUT2D eigenvalue weighted by molar-refractivity contribution is -0.127. The van der Waals surface area contributed by atoms with Gasteiger partial charge in [0.15, 0.2) is 5.11 Å². The number of rotatable bonds is 4. The van der Waals surface area contributed by atoms with E-state index in [2.05, 4.69) is 20.8 Å². The molecular weight excluding hydrogens is 454 g/mol. The van der Waals surface area contributed by atoms with Crippen LogP contribution >= 0.6 is 23.8 Å². The van der Waals surface area contributed by atoms with Gasteiger partial charge in [0.1, 0.15) is 11.0 Å². The second kappa shape index (κ2) is 8.06. The Hall–Kier alpha value is -2.51. The molecule has 4 bridgehead atoms. The molecule has 2 aromatic carbocycles. The van der Waals surface area contributed by atoms with Gasteiger partial charge in [-0.3, -0.25) is 4.79 Å². The highest BCUT2D eigenvalue weighted by Gasteiger charge is 2.51. The first-order valence-electron chi connectivity index (χ1n) is 11.7. The average molecular weight is 480 g/mol. The summed E-state index contributed by atoms with van der Waals surface area (Å²) in [5.74, 6) is 2.47. The van der Waals surface area contributed by atoms with Gasteiger partial charge in [-0.05, 0) is 98.2 Å². The Labute approximate surface area is 203 Å². The molecule has 4 aliphatic carbocycles. The summed E-state index contributed by atoms with van der Waals surface area (Å²) in [6.45, 7) is 0. The minimum absolute atomic E-state index is 0.00155. The summed E-state index contributed by atoms with van der Waals surface area (Å²) in [6, 6.07) is 13.3. The minimum Gasteiger partial charge on any atom is -0.331 e. The third kappa shape index (κ3) is 4.13. The molecule has 0 unspecified atom stereocenters. The van der Waals surface area contributed by atoms with Gasteiger partial charge in [-0.2, -0.15) is 4.80 Å². The molecule has 170 valence electrons. The predicted octanol–water partition coefficient (Wildman–Crippen LogP) is 5.49. The van der Waals surface area contributed by atoms with E-state index in [1.54, 1.807) is 10.9 Å². The van der Waals surface area contributed by atoms with E-state index in [1.807, 2.05) is 36.4 Å². The lowest BCUT2D eigenvalue weighted by Gasteiger charge is -2.56. The van der Waals surface area contributed by atoms with Crippen molar-refractivity contribution >= 4 is 51.6 Å². The number of benzene rings is 2. The van der Waals surface area contributed by atoms with Crippen molar-refractivity contribution < 1.29 is 4.79 Å². The third-order valence-corrected chi connectivity index (χ3v) is 8.17. The van der Waals surface area contributed by atoms with Crippen LogP contribution in [-0.2, 0) is 4.79 Å². The highest BCUT2D eigenvalue weighted by molar-refractivity contribution is 7.80. The van der Waals surface area contributed by atoms with Gasteiger partial charge in [-0.15, -0.1) is 10.2 Å². The molecule has 0 saturated heterocycles. The van der Waals surface area contributed by atoms with Crippen molar-refractivity contribution in [1.29, 1.82) is 0 Å². The molecule has 1 aromatic heterocycles. The van der Waals surface area contributed by atoms with Crippen molar-refractivity contribution in [2.24, 2.45) is 23.2 Å². The average Bonchev–Trinajstić information content (AvgIpc) is 3.15. The van der Waals surface area contributed by atoms with Crippen LogP contribution in [0.1, 0.15) is 44.9 Å². The van der Waals surface area contributed by atoms with Crippen molar-refractivity contribution in [3.63, 3.8) is 0 Å². The van der Waals surface area contributed by atoms with Crippen LogP contribution in [0.15, 0.2) is 42.5 Å². The summed E-state index contributed by atoms with van der Waals surface area (Å²) in [5.41, 5.74) is 3.02. The molecule has 4 aliphatic rings. The molecule has 3 aromatic rings. The monoisotopic (exact) mass is 479 g/mol. The van der Waals surface area contributed by atoms with Gasteiger partial charge in [-0.1, -0.05) is 29.8 Å². The normalized spacial score (nSPS) is 27.6. The first-order chi connectivity index (χ1) is 15.9. The summed E-state index contributed by atoms with van der Waals surface area (Å²) < 4.78 is 0. The Kier molecular flexibility index (Phi) is 5.14. The van der Waals surface area contributed by atoms with E-state index in [-0.39, 0.29) is 16.4 Å². The van der Waals surface area contributed by atoms with E-state index in [0.717, 1.165) is 23.4 Å². The van der Waals surface area contributed by atoms with E-state index in [1.165, 1.54) is 38.5 Å². The second-order valence-electron chi connectivity index (χ2n) is 10.2. The summed E-state index contributed by atoms with van der Waals surface area (Å²) in [7, 11) is 0. The maximum absolute atomic E-state index is 12.9. The number of fused-ring (bicyclic) bond motifs is 1. The van der Waals surface area contributed by atoms with E-state index in [9.17, 15) is 4.79 Å². The summed E-state index contributed by atoms with van der Waals surface area (Å²) >= 11 is 11.9. The summed E-state index contributed by atoms with van der Waals surface area (Å²) in [6.07, 6.45) is 8.28. The summed E-state index contributed by atoms with van der Waals surface area (Å²) in [5, 5.41) is 15.8. The Morgan fingerprint density at radius 2 is 1.64 bits per heavy atom. The fourth-order valence-corrected chi connectivity index (χ4v) is 7.31. The molecular formula is C25H26ClN5OS. The standard InChI is InChI=1S/C25H26ClN5OS/c26-19-9-21-22(30-31(29-21)18-4-2-1-3-5-18)10-20(19)27-24(33)28-23(32)14-25-11-15-6-16(12-25)8-17(7-15)13-25/h1-5,9-10,15-17H,6-8,11-14H2,(H2,27,28,32,33). The first kappa shape index (κ1) is 21.1. The van der Waals surface area contributed by atoms with Crippen molar-refractivity contribution in [2.45, 2.75) is 44.9 Å². The van der Waals surface area contributed by atoms with E-state index < -0.39 is 0 Å². The lowest BCUT2D eigenvalue weighted by atomic mass is 9.49. The van der Waals surface area contributed by atoms with Gasteiger partial charge in [0.05, 0.1) is 16.4 Å². The number of hydrogen-bond donors (Lipinski definition) is 2. The Bertz CT molecular complexity index is 1210. The maximum atomic E-state index is 12.9. The SMILES string of the molecule is O=C(CC12CC3CC(CC(C3)C1)C2)NC(=S)Nc1cc2nn(-c3ccccc3)nc2cc1Cl.